The van der Waals surface area contributed by atoms with Crippen LogP contribution in [-0.4, -0.2) is 16.8 Å². The molecule has 8 heteroatoms. The number of benzene rings is 6. The predicted octanol–water partition coefficient (Wildman–Crippen LogP) is 8.60. The Morgan fingerprint density at radius 2 is 0.545 bits per heavy atom. The molecule has 0 N–H and O–H groups in total. The molecule has 6 aromatic rings. The predicted molar refractivity (Wildman–Crippen MR) is 169 cm³/mol. The van der Waals surface area contributed by atoms with E-state index in [0.717, 1.165) is 11.1 Å². The van der Waals surface area contributed by atoms with Crippen LogP contribution in [0.1, 0.15) is 0 Å². The van der Waals surface area contributed by atoms with Gasteiger partial charge in [0.1, 0.15) is 23.0 Å². The molecule has 0 aromatic heterocycles. The zero-order valence-electron chi connectivity index (χ0n) is 23.3. The second-order valence-corrected chi connectivity index (χ2v) is 13.7. The number of sulfone groups is 2. The van der Waals surface area contributed by atoms with Gasteiger partial charge in [-0.05, 0) is 108 Å². The van der Waals surface area contributed by atoms with Crippen LogP contribution in [0.4, 0.5) is 0 Å². The molecular formula is C36H26O6S2. The first-order valence-corrected chi connectivity index (χ1v) is 16.6. The van der Waals surface area contributed by atoms with Crippen molar-refractivity contribution in [2.24, 2.45) is 0 Å². The molecule has 6 nitrogen and oxygen atoms in total. The highest BCUT2D eigenvalue weighted by Gasteiger charge is 2.18. The quantitative estimate of drug-likeness (QED) is 0.161. The SMILES string of the molecule is O=S(=O)(c1ccccc1)c1ccc(Oc2ccc(-c3ccc(Oc4ccc(S(=O)(=O)c5ccccc5)cc4)cc3)cc2)cc1. The van der Waals surface area contributed by atoms with E-state index in [1.165, 1.54) is 24.3 Å². The average Bonchev–Trinajstić information content (AvgIpc) is 3.07. The van der Waals surface area contributed by atoms with Gasteiger partial charge in [0.05, 0.1) is 19.6 Å². The van der Waals surface area contributed by atoms with E-state index in [1.54, 1.807) is 84.9 Å². The zero-order valence-corrected chi connectivity index (χ0v) is 24.9. The van der Waals surface area contributed by atoms with Gasteiger partial charge in [-0.15, -0.1) is 0 Å². The fourth-order valence-electron chi connectivity index (χ4n) is 4.55. The maximum atomic E-state index is 12.8. The zero-order chi connectivity index (χ0) is 30.6. The first-order valence-electron chi connectivity index (χ1n) is 13.7. The highest BCUT2D eigenvalue weighted by Crippen LogP contribution is 2.31. The average molecular weight is 619 g/mol. The number of hydrogen-bond acceptors (Lipinski definition) is 6. The van der Waals surface area contributed by atoms with Gasteiger partial charge in [0.15, 0.2) is 0 Å². The summed E-state index contributed by atoms with van der Waals surface area (Å²) < 4.78 is 63.1. The second-order valence-electron chi connectivity index (χ2n) is 9.83. The largest absolute Gasteiger partial charge is 0.457 e. The van der Waals surface area contributed by atoms with Crippen molar-refractivity contribution in [1.82, 2.24) is 0 Å². The van der Waals surface area contributed by atoms with Crippen LogP contribution in [0.5, 0.6) is 23.0 Å². The van der Waals surface area contributed by atoms with Crippen molar-refractivity contribution in [3.05, 3.63) is 158 Å². The van der Waals surface area contributed by atoms with E-state index in [1.807, 2.05) is 48.5 Å². The van der Waals surface area contributed by atoms with Gasteiger partial charge in [-0.25, -0.2) is 16.8 Å². The molecule has 0 saturated carbocycles. The van der Waals surface area contributed by atoms with Crippen LogP contribution in [0.3, 0.4) is 0 Å². The fraction of sp³-hybridized carbons (Fsp3) is 0. The van der Waals surface area contributed by atoms with E-state index in [0.29, 0.717) is 23.0 Å². The van der Waals surface area contributed by atoms with E-state index in [4.69, 9.17) is 9.47 Å². The molecule has 0 aliphatic heterocycles. The molecule has 0 fully saturated rings. The molecule has 0 unspecified atom stereocenters. The molecule has 0 bridgehead atoms. The summed E-state index contributed by atoms with van der Waals surface area (Å²) >= 11 is 0. The standard InChI is InChI=1S/C36H26O6S2/c37-43(38,33-7-3-1-4-8-33)35-23-19-31(20-24-35)41-29-15-11-27(12-16-29)28-13-17-30(18-14-28)42-32-21-25-36(26-22-32)44(39,40)34-9-5-2-6-10-34/h1-26H. The third-order valence-electron chi connectivity index (χ3n) is 6.89. The van der Waals surface area contributed by atoms with Crippen LogP contribution >= 0.6 is 0 Å². The van der Waals surface area contributed by atoms with E-state index in [9.17, 15) is 16.8 Å². The monoisotopic (exact) mass is 618 g/mol. The number of ether oxygens (including phenoxy) is 2. The fourth-order valence-corrected chi connectivity index (χ4v) is 7.11. The summed E-state index contributed by atoms with van der Waals surface area (Å²) in [5, 5.41) is 0. The molecule has 0 saturated heterocycles. The van der Waals surface area contributed by atoms with Crippen molar-refractivity contribution in [3.63, 3.8) is 0 Å². The van der Waals surface area contributed by atoms with Gasteiger partial charge in [-0.3, -0.25) is 0 Å². The minimum Gasteiger partial charge on any atom is -0.457 e. The van der Waals surface area contributed by atoms with Crippen molar-refractivity contribution in [2.45, 2.75) is 19.6 Å². The Hall–Kier alpha value is -5.18. The molecule has 218 valence electrons. The Labute approximate surface area is 256 Å². The van der Waals surface area contributed by atoms with Gasteiger partial charge in [0, 0.05) is 0 Å². The first kappa shape index (κ1) is 28.9. The summed E-state index contributed by atoms with van der Waals surface area (Å²) in [6.07, 6.45) is 0. The Morgan fingerprint density at radius 3 is 0.841 bits per heavy atom. The van der Waals surface area contributed by atoms with E-state index in [2.05, 4.69) is 0 Å². The number of rotatable bonds is 9. The van der Waals surface area contributed by atoms with Gasteiger partial charge in [-0.2, -0.15) is 0 Å². The lowest BCUT2D eigenvalue weighted by Gasteiger charge is -2.10. The van der Waals surface area contributed by atoms with E-state index >= 15 is 0 Å². The van der Waals surface area contributed by atoms with Gasteiger partial charge < -0.3 is 9.47 Å². The Bertz CT molecular complexity index is 1920. The van der Waals surface area contributed by atoms with Crippen LogP contribution in [0.25, 0.3) is 11.1 Å². The lowest BCUT2D eigenvalue weighted by molar-refractivity contribution is 0.481. The van der Waals surface area contributed by atoms with Crippen molar-refractivity contribution in [3.8, 4) is 34.1 Å². The van der Waals surface area contributed by atoms with Crippen molar-refractivity contribution in [2.75, 3.05) is 0 Å². The molecule has 0 radical (unpaired) electrons. The van der Waals surface area contributed by atoms with E-state index < -0.39 is 19.7 Å². The van der Waals surface area contributed by atoms with Crippen molar-refractivity contribution in [1.29, 1.82) is 0 Å². The van der Waals surface area contributed by atoms with Crippen molar-refractivity contribution < 1.29 is 26.3 Å². The Morgan fingerprint density at radius 1 is 0.295 bits per heavy atom. The minimum atomic E-state index is -3.59. The molecule has 0 aliphatic carbocycles. The lowest BCUT2D eigenvalue weighted by Crippen LogP contribution is -2.01. The lowest BCUT2D eigenvalue weighted by atomic mass is 10.1. The van der Waals surface area contributed by atoms with Gasteiger partial charge >= 0.3 is 0 Å². The highest BCUT2D eigenvalue weighted by molar-refractivity contribution is 7.91. The van der Waals surface area contributed by atoms with E-state index in [-0.39, 0.29) is 19.6 Å². The minimum absolute atomic E-state index is 0.201. The van der Waals surface area contributed by atoms with Crippen LogP contribution in [0.15, 0.2) is 177 Å². The van der Waals surface area contributed by atoms with Crippen LogP contribution in [-0.2, 0) is 19.7 Å². The summed E-state index contributed by atoms with van der Waals surface area (Å²) in [6, 6.07) is 44.5. The number of hydrogen-bond donors (Lipinski definition) is 0. The molecular weight excluding hydrogens is 593 g/mol. The summed E-state index contributed by atoms with van der Waals surface area (Å²) in [4.78, 5) is 0.892. The second kappa shape index (κ2) is 12.2. The van der Waals surface area contributed by atoms with Crippen molar-refractivity contribution >= 4 is 19.7 Å². The van der Waals surface area contributed by atoms with Gasteiger partial charge in [0.25, 0.3) is 0 Å². The molecule has 0 aliphatic rings. The summed E-state index contributed by atoms with van der Waals surface area (Å²) in [5.74, 6) is 2.28. The first-order chi connectivity index (χ1) is 21.3. The molecule has 0 heterocycles. The summed E-state index contributed by atoms with van der Waals surface area (Å²) in [5.41, 5.74) is 1.95. The molecule has 0 atom stereocenters. The maximum absolute atomic E-state index is 12.8. The molecule has 0 spiro atoms. The maximum Gasteiger partial charge on any atom is 0.206 e. The Balaban J connectivity index is 1.08. The van der Waals surface area contributed by atoms with Crippen LogP contribution < -0.4 is 9.47 Å². The van der Waals surface area contributed by atoms with Gasteiger partial charge in [0.2, 0.25) is 19.7 Å². The van der Waals surface area contributed by atoms with Gasteiger partial charge in [-0.1, -0.05) is 60.7 Å². The summed E-state index contributed by atoms with van der Waals surface area (Å²) in [7, 11) is -7.18. The summed E-state index contributed by atoms with van der Waals surface area (Å²) in [6.45, 7) is 0. The molecule has 6 aromatic carbocycles. The smallest absolute Gasteiger partial charge is 0.206 e. The normalized spacial score (nSPS) is 11.5. The molecule has 6 rings (SSSR count). The highest BCUT2D eigenvalue weighted by atomic mass is 32.2. The molecule has 0 amide bonds. The topological polar surface area (TPSA) is 86.7 Å². The van der Waals surface area contributed by atoms with Crippen LogP contribution in [0.2, 0.25) is 0 Å². The Kier molecular flexibility index (Phi) is 8.02. The van der Waals surface area contributed by atoms with Crippen LogP contribution in [0, 0.1) is 0 Å². The third-order valence-corrected chi connectivity index (χ3v) is 10.5. The molecule has 44 heavy (non-hydrogen) atoms. The third kappa shape index (κ3) is 6.27.